The third kappa shape index (κ3) is 4.25. The molecule has 0 N–H and O–H groups in total. The van der Waals surface area contributed by atoms with E-state index in [4.69, 9.17) is 16.0 Å². The van der Waals surface area contributed by atoms with Gasteiger partial charge in [0.1, 0.15) is 0 Å². The predicted molar refractivity (Wildman–Crippen MR) is 100 cm³/mol. The van der Waals surface area contributed by atoms with Crippen molar-refractivity contribution in [3.63, 3.8) is 0 Å². The molecule has 0 saturated carbocycles. The molecule has 2 heterocycles. The van der Waals surface area contributed by atoms with Crippen LogP contribution in [0.2, 0.25) is 5.02 Å². The summed E-state index contributed by atoms with van der Waals surface area (Å²) in [6, 6.07) is 7.31. The van der Waals surface area contributed by atoms with Crippen LogP contribution in [0, 0.1) is 0 Å². The number of hydrogen-bond donors (Lipinski definition) is 0. The highest BCUT2D eigenvalue weighted by molar-refractivity contribution is 7.88. The summed E-state index contributed by atoms with van der Waals surface area (Å²) in [6.45, 7) is 3.58. The Morgan fingerprint density at radius 3 is 2.62 bits per heavy atom. The largest absolute Gasteiger partial charge is 0.419 e. The molecule has 1 fully saturated rings. The van der Waals surface area contributed by atoms with Crippen LogP contribution in [0.4, 0.5) is 0 Å². The lowest BCUT2D eigenvalue weighted by molar-refractivity contribution is 0.119. The highest BCUT2D eigenvalue weighted by atomic mass is 35.5. The van der Waals surface area contributed by atoms with Crippen molar-refractivity contribution in [2.45, 2.75) is 31.8 Å². The quantitative estimate of drug-likeness (QED) is 0.770. The SMILES string of the molecule is CC(c1nnc(-c2cccc(Cl)c2)o1)N1CCC(N(C)S(C)(=O)=O)CC1. The van der Waals surface area contributed by atoms with Crippen LogP contribution in [0.1, 0.15) is 31.7 Å². The molecule has 1 aliphatic rings. The average molecular weight is 399 g/mol. The van der Waals surface area contributed by atoms with Crippen molar-refractivity contribution in [3.8, 4) is 11.5 Å². The maximum absolute atomic E-state index is 11.7. The van der Waals surface area contributed by atoms with Gasteiger partial charge in [0, 0.05) is 36.8 Å². The number of halogens is 1. The maximum atomic E-state index is 11.7. The van der Waals surface area contributed by atoms with Crippen molar-refractivity contribution in [3.05, 3.63) is 35.2 Å². The Morgan fingerprint density at radius 1 is 1.31 bits per heavy atom. The van der Waals surface area contributed by atoms with E-state index in [0.29, 0.717) is 16.8 Å². The minimum Gasteiger partial charge on any atom is -0.419 e. The van der Waals surface area contributed by atoms with Gasteiger partial charge in [0.05, 0.1) is 12.3 Å². The summed E-state index contributed by atoms with van der Waals surface area (Å²) in [6.07, 6.45) is 2.81. The molecule has 0 radical (unpaired) electrons. The summed E-state index contributed by atoms with van der Waals surface area (Å²) in [5.41, 5.74) is 0.789. The van der Waals surface area contributed by atoms with Gasteiger partial charge >= 0.3 is 0 Å². The second-order valence-corrected chi connectivity index (χ2v) is 9.16. The minimum atomic E-state index is -3.16. The number of benzene rings is 1. The first kappa shape index (κ1) is 19.3. The first-order valence-corrected chi connectivity index (χ1v) is 10.7. The van der Waals surface area contributed by atoms with Crippen LogP contribution in [0.5, 0.6) is 0 Å². The van der Waals surface area contributed by atoms with Crippen LogP contribution in [0.25, 0.3) is 11.5 Å². The van der Waals surface area contributed by atoms with E-state index >= 15 is 0 Å². The highest BCUT2D eigenvalue weighted by Crippen LogP contribution is 2.28. The molecule has 0 amide bonds. The van der Waals surface area contributed by atoms with E-state index in [-0.39, 0.29) is 12.1 Å². The Labute approximate surface area is 159 Å². The topological polar surface area (TPSA) is 79.5 Å². The van der Waals surface area contributed by atoms with Gasteiger partial charge in [-0.2, -0.15) is 0 Å². The van der Waals surface area contributed by atoms with Gasteiger partial charge in [0.25, 0.3) is 0 Å². The molecule has 3 rings (SSSR count). The Kier molecular flexibility index (Phi) is 5.67. The van der Waals surface area contributed by atoms with E-state index in [1.165, 1.54) is 10.6 Å². The molecule has 1 aromatic heterocycles. The Balaban J connectivity index is 1.65. The van der Waals surface area contributed by atoms with Crippen LogP contribution >= 0.6 is 11.6 Å². The fourth-order valence-corrected chi connectivity index (χ4v) is 4.15. The Morgan fingerprint density at radius 2 is 2.00 bits per heavy atom. The second-order valence-electron chi connectivity index (χ2n) is 6.68. The van der Waals surface area contributed by atoms with E-state index in [1.807, 2.05) is 19.1 Å². The monoisotopic (exact) mass is 398 g/mol. The molecule has 7 nitrogen and oxygen atoms in total. The molecule has 0 bridgehead atoms. The van der Waals surface area contributed by atoms with Gasteiger partial charge in [-0.1, -0.05) is 17.7 Å². The van der Waals surface area contributed by atoms with Gasteiger partial charge in [-0.15, -0.1) is 10.2 Å². The van der Waals surface area contributed by atoms with E-state index in [9.17, 15) is 8.42 Å². The zero-order chi connectivity index (χ0) is 18.9. The lowest BCUT2D eigenvalue weighted by Crippen LogP contribution is -2.45. The molecule has 9 heteroatoms. The molecule has 1 atom stereocenters. The summed E-state index contributed by atoms with van der Waals surface area (Å²) >= 11 is 6.01. The lowest BCUT2D eigenvalue weighted by atomic mass is 10.0. The predicted octanol–water partition coefficient (Wildman–Crippen LogP) is 2.81. The molecule has 1 aliphatic heterocycles. The zero-order valence-electron chi connectivity index (χ0n) is 15.1. The lowest BCUT2D eigenvalue weighted by Gasteiger charge is -2.37. The van der Waals surface area contributed by atoms with E-state index in [2.05, 4.69) is 15.1 Å². The molecular formula is C17H23ClN4O3S. The summed E-state index contributed by atoms with van der Waals surface area (Å²) in [5.74, 6) is 0.996. The Hall–Kier alpha value is -1.48. The van der Waals surface area contributed by atoms with Gasteiger partial charge in [-0.3, -0.25) is 4.90 Å². The molecular weight excluding hydrogens is 376 g/mol. The highest BCUT2D eigenvalue weighted by Gasteiger charge is 2.30. The third-order valence-corrected chi connectivity index (χ3v) is 6.53. The summed E-state index contributed by atoms with van der Waals surface area (Å²) in [4.78, 5) is 2.24. The van der Waals surface area contributed by atoms with Crippen molar-refractivity contribution >= 4 is 21.6 Å². The van der Waals surface area contributed by atoms with Crippen molar-refractivity contribution in [2.75, 3.05) is 26.4 Å². The van der Waals surface area contributed by atoms with E-state index < -0.39 is 10.0 Å². The average Bonchev–Trinajstić information content (AvgIpc) is 3.10. The van der Waals surface area contributed by atoms with Gasteiger partial charge in [-0.05, 0) is 38.0 Å². The minimum absolute atomic E-state index is 0.0278. The fraction of sp³-hybridized carbons (Fsp3) is 0.529. The zero-order valence-corrected chi connectivity index (χ0v) is 16.7. The number of likely N-dealkylation sites (tertiary alicyclic amines) is 1. The standard InChI is InChI=1S/C17H23ClN4O3S/c1-12(22-9-7-15(8-10-22)21(2)26(3,23)24)16-19-20-17(25-16)13-5-4-6-14(18)11-13/h4-6,11-12,15H,7-10H2,1-3H3. The molecule has 2 aromatic rings. The molecule has 1 saturated heterocycles. The number of aromatic nitrogens is 2. The second kappa shape index (κ2) is 7.64. The number of rotatable bonds is 5. The van der Waals surface area contributed by atoms with Gasteiger partial charge in [0.2, 0.25) is 21.8 Å². The Bertz CT molecular complexity index is 862. The van der Waals surface area contributed by atoms with Crippen molar-refractivity contribution in [1.29, 1.82) is 0 Å². The molecule has 1 aromatic carbocycles. The van der Waals surface area contributed by atoms with E-state index in [1.54, 1.807) is 19.2 Å². The molecule has 26 heavy (non-hydrogen) atoms. The summed E-state index contributed by atoms with van der Waals surface area (Å²) < 4.78 is 30.7. The summed E-state index contributed by atoms with van der Waals surface area (Å²) in [7, 11) is -1.51. The maximum Gasteiger partial charge on any atom is 0.247 e. The number of hydrogen-bond acceptors (Lipinski definition) is 6. The van der Waals surface area contributed by atoms with Crippen LogP contribution < -0.4 is 0 Å². The van der Waals surface area contributed by atoms with Crippen molar-refractivity contribution in [2.24, 2.45) is 0 Å². The molecule has 142 valence electrons. The van der Waals surface area contributed by atoms with Crippen molar-refractivity contribution in [1.82, 2.24) is 19.4 Å². The molecule has 0 spiro atoms. The molecule has 0 aliphatic carbocycles. The van der Waals surface area contributed by atoms with Gasteiger partial charge < -0.3 is 4.42 Å². The van der Waals surface area contributed by atoms with Crippen LogP contribution in [0.15, 0.2) is 28.7 Å². The van der Waals surface area contributed by atoms with Crippen LogP contribution in [-0.4, -0.2) is 60.3 Å². The van der Waals surface area contributed by atoms with Gasteiger partial charge in [-0.25, -0.2) is 12.7 Å². The number of nitrogens with zero attached hydrogens (tertiary/aromatic N) is 4. The number of sulfonamides is 1. The smallest absolute Gasteiger partial charge is 0.247 e. The number of piperidine rings is 1. The first-order valence-electron chi connectivity index (χ1n) is 8.52. The fourth-order valence-electron chi connectivity index (χ4n) is 3.21. The van der Waals surface area contributed by atoms with Gasteiger partial charge in [0.15, 0.2) is 0 Å². The third-order valence-electron chi connectivity index (χ3n) is 4.95. The van der Waals surface area contributed by atoms with E-state index in [0.717, 1.165) is 31.5 Å². The first-order chi connectivity index (χ1) is 12.3. The normalized spacial score (nSPS) is 18.3. The summed E-state index contributed by atoms with van der Waals surface area (Å²) in [5, 5.41) is 8.93. The van der Waals surface area contributed by atoms with Crippen molar-refractivity contribution < 1.29 is 12.8 Å². The van der Waals surface area contributed by atoms with Crippen LogP contribution in [0.3, 0.4) is 0 Å². The molecule has 1 unspecified atom stereocenters. The van der Waals surface area contributed by atoms with Crippen LogP contribution in [-0.2, 0) is 10.0 Å².